The van der Waals surface area contributed by atoms with E-state index in [-0.39, 0.29) is 11.5 Å². The highest BCUT2D eigenvalue weighted by Crippen LogP contribution is 2.46. The fourth-order valence-corrected chi connectivity index (χ4v) is 5.22. The molecule has 0 unspecified atom stereocenters. The lowest BCUT2D eigenvalue weighted by Crippen LogP contribution is -2.60. The number of fused-ring (bicyclic) bond motifs is 2. The van der Waals surface area contributed by atoms with Crippen LogP contribution in [-0.4, -0.2) is 66.0 Å². The lowest BCUT2D eigenvalue weighted by atomic mass is 9.78. The third-order valence-corrected chi connectivity index (χ3v) is 7.40. The van der Waals surface area contributed by atoms with E-state index in [0.717, 1.165) is 5.57 Å². The molecular formula is C26H34F3N3O3. The van der Waals surface area contributed by atoms with Crippen molar-refractivity contribution < 1.29 is 27.5 Å². The summed E-state index contributed by atoms with van der Waals surface area (Å²) >= 11 is 0. The standard InChI is InChI=1S/C26H34F3N3O3/c1-8-19(13-17(2)18(3)35-7)23(34)31-11-9-25(10-12-31)21-14-20(22(33)26(27,28)29)15-32(21)24(4,5)16-30(25)6/h8,13-15H,1,9-12,16H2,2-7H3/b18-17+,19-13+. The van der Waals surface area contributed by atoms with E-state index < -0.39 is 23.0 Å². The Balaban J connectivity index is 1.92. The Morgan fingerprint density at radius 2 is 1.77 bits per heavy atom. The average molecular weight is 494 g/mol. The van der Waals surface area contributed by atoms with Crippen molar-refractivity contribution in [3.05, 3.63) is 59.2 Å². The first-order chi connectivity index (χ1) is 16.2. The fraction of sp³-hybridized carbons (Fsp3) is 0.538. The van der Waals surface area contributed by atoms with Crippen molar-refractivity contribution in [2.75, 3.05) is 33.8 Å². The van der Waals surface area contributed by atoms with Gasteiger partial charge in [0.05, 0.1) is 23.9 Å². The molecule has 2 aliphatic heterocycles. The first-order valence-corrected chi connectivity index (χ1v) is 11.6. The minimum absolute atomic E-state index is 0.153. The van der Waals surface area contributed by atoms with Gasteiger partial charge < -0.3 is 14.2 Å². The predicted molar refractivity (Wildman–Crippen MR) is 128 cm³/mol. The first-order valence-electron chi connectivity index (χ1n) is 11.6. The van der Waals surface area contributed by atoms with Crippen LogP contribution in [-0.2, 0) is 20.6 Å². The van der Waals surface area contributed by atoms with Crippen molar-refractivity contribution in [1.29, 1.82) is 0 Å². The monoisotopic (exact) mass is 493 g/mol. The number of Topliss-reactive ketones (excluding diaryl/α,β-unsaturated/α-hetero) is 1. The largest absolute Gasteiger partial charge is 0.501 e. The summed E-state index contributed by atoms with van der Waals surface area (Å²) in [4.78, 5) is 29.1. The number of alkyl halides is 3. The molecule has 1 saturated heterocycles. The zero-order chi connectivity index (χ0) is 26.3. The number of piperidine rings is 1. The van der Waals surface area contributed by atoms with Crippen molar-refractivity contribution in [3.8, 4) is 0 Å². The van der Waals surface area contributed by atoms with Crippen LogP contribution in [0.5, 0.6) is 0 Å². The van der Waals surface area contributed by atoms with Gasteiger partial charge in [0.25, 0.3) is 11.7 Å². The van der Waals surface area contributed by atoms with E-state index in [2.05, 4.69) is 11.5 Å². The lowest BCUT2D eigenvalue weighted by Gasteiger charge is -2.54. The van der Waals surface area contributed by atoms with E-state index in [1.54, 1.807) is 18.1 Å². The molecule has 9 heteroatoms. The summed E-state index contributed by atoms with van der Waals surface area (Å²) in [6.07, 6.45) is 0.736. The van der Waals surface area contributed by atoms with Crippen molar-refractivity contribution in [1.82, 2.24) is 14.4 Å². The number of aromatic nitrogens is 1. The van der Waals surface area contributed by atoms with Gasteiger partial charge >= 0.3 is 6.18 Å². The summed E-state index contributed by atoms with van der Waals surface area (Å²) < 4.78 is 46.6. The number of methoxy groups -OCH3 is 1. The van der Waals surface area contributed by atoms with Gasteiger partial charge in [0.15, 0.2) is 0 Å². The molecule has 192 valence electrons. The van der Waals surface area contributed by atoms with Crippen LogP contribution in [0.1, 0.15) is 56.6 Å². The quantitative estimate of drug-likeness (QED) is 0.256. The summed E-state index contributed by atoms with van der Waals surface area (Å²) in [5, 5.41) is 0. The maximum absolute atomic E-state index is 13.2. The number of amides is 1. The number of likely N-dealkylation sites (tertiary alicyclic amines) is 1. The summed E-state index contributed by atoms with van der Waals surface area (Å²) in [5.41, 5.74) is 0.546. The second-order valence-corrected chi connectivity index (χ2v) is 10.1. The van der Waals surface area contributed by atoms with Crippen LogP contribution in [0.3, 0.4) is 0 Å². The number of allylic oxidation sites excluding steroid dienone is 3. The molecule has 35 heavy (non-hydrogen) atoms. The molecule has 0 N–H and O–H groups in total. The number of hydrogen-bond donors (Lipinski definition) is 0. The van der Waals surface area contributed by atoms with E-state index in [1.165, 1.54) is 18.3 Å². The van der Waals surface area contributed by atoms with Crippen molar-refractivity contribution >= 4 is 11.7 Å². The van der Waals surface area contributed by atoms with Crippen molar-refractivity contribution in [3.63, 3.8) is 0 Å². The molecule has 0 aromatic carbocycles. The Hall–Kier alpha value is -2.81. The summed E-state index contributed by atoms with van der Waals surface area (Å²) in [7, 11) is 3.52. The van der Waals surface area contributed by atoms with Crippen LogP contribution >= 0.6 is 0 Å². The highest BCUT2D eigenvalue weighted by molar-refractivity contribution is 6.00. The minimum Gasteiger partial charge on any atom is -0.501 e. The molecule has 1 aromatic heterocycles. The minimum atomic E-state index is -4.93. The maximum atomic E-state index is 13.2. The lowest BCUT2D eigenvalue weighted by molar-refractivity contribution is -0.130. The number of ketones is 1. The van der Waals surface area contributed by atoms with Crippen LogP contribution in [0.15, 0.2) is 47.9 Å². The highest BCUT2D eigenvalue weighted by atomic mass is 19.4. The van der Waals surface area contributed by atoms with Gasteiger partial charge in [0.2, 0.25) is 0 Å². The summed E-state index contributed by atoms with van der Waals surface area (Å²) in [5.74, 6) is -1.29. The number of carbonyl (C=O) groups excluding carboxylic acids is 2. The topological polar surface area (TPSA) is 54.8 Å². The van der Waals surface area contributed by atoms with Gasteiger partial charge in [-0.15, -0.1) is 0 Å². The molecule has 1 aromatic rings. The average Bonchev–Trinajstić information content (AvgIpc) is 3.26. The molecule has 1 spiro atoms. The number of likely N-dealkylation sites (N-methyl/N-ethyl adjacent to an activating group) is 1. The normalized spacial score (nSPS) is 20.8. The van der Waals surface area contributed by atoms with Crippen molar-refractivity contribution in [2.45, 2.75) is 57.8 Å². The SMILES string of the molecule is C=C/C(=C\C(C)=C(/C)OC)C(=O)N1CCC2(CC1)c1cc(C(=O)C(F)(F)F)cn1C(C)(C)CN2C. The van der Waals surface area contributed by atoms with Gasteiger partial charge in [-0.1, -0.05) is 12.7 Å². The third kappa shape index (κ3) is 4.83. The highest BCUT2D eigenvalue weighted by Gasteiger charge is 2.50. The Labute approximate surface area is 204 Å². The molecule has 1 amide bonds. The van der Waals surface area contributed by atoms with Gasteiger partial charge in [0, 0.05) is 42.7 Å². The van der Waals surface area contributed by atoms with E-state index in [1.807, 2.05) is 39.3 Å². The molecule has 0 atom stereocenters. The second kappa shape index (κ2) is 9.33. The molecule has 2 aliphatic rings. The van der Waals surface area contributed by atoms with E-state index in [4.69, 9.17) is 4.74 Å². The van der Waals surface area contributed by atoms with Gasteiger partial charge in [-0.05, 0) is 65.3 Å². The molecular weight excluding hydrogens is 459 g/mol. The second-order valence-electron chi connectivity index (χ2n) is 10.1. The molecule has 0 aliphatic carbocycles. The summed E-state index contributed by atoms with van der Waals surface area (Å²) in [6, 6.07) is 1.39. The number of halogens is 3. The number of hydrogen-bond acceptors (Lipinski definition) is 4. The number of nitrogens with zero attached hydrogens (tertiary/aromatic N) is 3. The first kappa shape index (κ1) is 26.8. The Morgan fingerprint density at radius 1 is 1.17 bits per heavy atom. The Bertz CT molecular complexity index is 1090. The van der Waals surface area contributed by atoms with Crippen LogP contribution in [0.4, 0.5) is 13.2 Å². The number of rotatable bonds is 5. The van der Waals surface area contributed by atoms with Crippen molar-refractivity contribution in [2.24, 2.45) is 0 Å². The molecule has 3 heterocycles. The Morgan fingerprint density at radius 3 is 2.29 bits per heavy atom. The molecule has 1 fully saturated rings. The molecule has 6 nitrogen and oxygen atoms in total. The van der Waals surface area contributed by atoms with Gasteiger partial charge in [-0.25, -0.2) is 0 Å². The molecule has 3 rings (SSSR count). The van der Waals surface area contributed by atoms with E-state index in [0.29, 0.717) is 49.5 Å². The van der Waals surface area contributed by atoms with Gasteiger partial charge in [-0.3, -0.25) is 14.5 Å². The third-order valence-electron chi connectivity index (χ3n) is 7.40. The number of ether oxygens (including phenoxy) is 1. The van der Waals surface area contributed by atoms with Gasteiger partial charge in [0.1, 0.15) is 0 Å². The van der Waals surface area contributed by atoms with E-state index in [9.17, 15) is 22.8 Å². The molecule has 0 bridgehead atoms. The van der Waals surface area contributed by atoms with Crippen LogP contribution in [0.25, 0.3) is 0 Å². The van der Waals surface area contributed by atoms with Gasteiger partial charge in [-0.2, -0.15) is 13.2 Å². The fourth-order valence-electron chi connectivity index (χ4n) is 5.22. The zero-order valence-corrected chi connectivity index (χ0v) is 21.3. The van der Waals surface area contributed by atoms with Crippen LogP contribution < -0.4 is 0 Å². The van der Waals surface area contributed by atoms with E-state index >= 15 is 0 Å². The predicted octanol–water partition coefficient (Wildman–Crippen LogP) is 4.78. The maximum Gasteiger partial charge on any atom is 0.454 e. The summed E-state index contributed by atoms with van der Waals surface area (Å²) in [6.45, 7) is 12.8. The molecule has 0 saturated carbocycles. The smallest absolute Gasteiger partial charge is 0.454 e. The molecule has 0 radical (unpaired) electrons. The van der Waals surface area contributed by atoms with Crippen LogP contribution in [0, 0.1) is 0 Å². The zero-order valence-electron chi connectivity index (χ0n) is 21.3. The Kier molecular flexibility index (Phi) is 7.14. The van der Waals surface area contributed by atoms with Crippen LogP contribution in [0.2, 0.25) is 0 Å². The number of carbonyl (C=O) groups is 2.